The summed E-state index contributed by atoms with van der Waals surface area (Å²) in [5, 5.41) is 10.9. The first-order valence-electron chi connectivity index (χ1n) is 6.08. The second-order valence-corrected chi connectivity index (χ2v) is 5.69. The molecule has 0 saturated heterocycles. The molecule has 7 heteroatoms. The Hall–Kier alpha value is -1.08. The minimum atomic E-state index is -0.225. The Morgan fingerprint density at radius 3 is 2.83 bits per heavy atom. The summed E-state index contributed by atoms with van der Waals surface area (Å²) < 4.78 is 5.46. The Labute approximate surface area is 112 Å². The maximum atomic E-state index is 11.7. The molecule has 0 aliphatic carbocycles. The molecule has 0 aromatic carbocycles. The lowest BCUT2D eigenvalue weighted by Gasteiger charge is -2.08. The summed E-state index contributed by atoms with van der Waals surface area (Å²) in [6.07, 6.45) is 0.930. The molecule has 0 unspecified atom stereocenters. The summed E-state index contributed by atoms with van der Waals surface area (Å²) >= 11 is 1.29. The molecule has 0 radical (unpaired) electrons. The lowest BCUT2D eigenvalue weighted by molar-refractivity contribution is -0.874. The first kappa shape index (κ1) is 15.0. The average Bonchev–Trinajstić information content (AvgIpc) is 2.72. The normalized spacial score (nSPS) is 12.7. The minimum absolute atomic E-state index is 0.000153. The van der Waals surface area contributed by atoms with Crippen LogP contribution in [0.25, 0.3) is 0 Å². The van der Waals surface area contributed by atoms with Crippen molar-refractivity contribution in [1.29, 1.82) is 0 Å². The van der Waals surface area contributed by atoms with Gasteiger partial charge < -0.3 is 14.6 Å². The molecule has 18 heavy (non-hydrogen) atoms. The first-order chi connectivity index (χ1) is 8.52. The molecule has 1 aromatic heterocycles. The van der Waals surface area contributed by atoms with Crippen LogP contribution < -0.4 is 10.2 Å². The molecule has 102 valence electrons. The Morgan fingerprint density at radius 1 is 1.50 bits per heavy atom. The van der Waals surface area contributed by atoms with Gasteiger partial charge in [0.05, 0.1) is 19.3 Å². The fourth-order valence-corrected chi connectivity index (χ4v) is 1.98. The van der Waals surface area contributed by atoms with Crippen LogP contribution in [-0.2, 0) is 11.3 Å². The van der Waals surface area contributed by atoms with Crippen LogP contribution in [0, 0.1) is 0 Å². The summed E-state index contributed by atoms with van der Waals surface area (Å²) in [4.78, 5) is 12.9. The highest BCUT2D eigenvalue weighted by molar-refractivity contribution is 8.00. The summed E-state index contributed by atoms with van der Waals surface area (Å²) in [5.41, 5.74) is 0. The molecule has 1 amide bonds. The van der Waals surface area contributed by atoms with Crippen LogP contribution in [0.4, 0.5) is 0 Å². The molecule has 1 atom stereocenters. The van der Waals surface area contributed by atoms with Gasteiger partial charge in [-0.1, -0.05) is 18.7 Å². The molecule has 0 bridgehead atoms. The molecular formula is C11H21N4O2S+. The molecule has 0 aliphatic rings. The fourth-order valence-electron chi connectivity index (χ4n) is 1.26. The van der Waals surface area contributed by atoms with E-state index in [4.69, 9.17) is 4.42 Å². The number of rotatable bonds is 7. The predicted molar refractivity (Wildman–Crippen MR) is 69.4 cm³/mol. The van der Waals surface area contributed by atoms with E-state index in [9.17, 15) is 4.79 Å². The molecule has 0 saturated carbocycles. The maximum absolute atomic E-state index is 11.7. The van der Waals surface area contributed by atoms with Gasteiger partial charge in [-0.05, 0) is 13.3 Å². The van der Waals surface area contributed by atoms with E-state index in [1.54, 1.807) is 0 Å². The lowest BCUT2D eigenvalue weighted by atomic mass is 10.4. The van der Waals surface area contributed by atoms with Crippen LogP contribution in [0.3, 0.4) is 0 Å². The number of hydrogen-bond acceptors (Lipinski definition) is 5. The zero-order valence-electron chi connectivity index (χ0n) is 11.3. The van der Waals surface area contributed by atoms with E-state index in [2.05, 4.69) is 15.5 Å². The van der Waals surface area contributed by atoms with Crippen molar-refractivity contribution in [3.63, 3.8) is 0 Å². The van der Waals surface area contributed by atoms with E-state index in [1.807, 2.05) is 27.9 Å². The highest BCUT2D eigenvalue weighted by atomic mass is 32.2. The van der Waals surface area contributed by atoms with Gasteiger partial charge in [-0.15, -0.1) is 10.2 Å². The Bertz CT molecular complexity index is 381. The largest absolute Gasteiger partial charge is 0.410 e. The van der Waals surface area contributed by atoms with Crippen molar-refractivity contribution in [3.8, 4) is 0 Å². The molecule has 0 aliphatic heterocycles. The standard InChI is InChI=1S/C11H20N4O2S/c1-5-6-12-10(16)8(2)18-11-14-13-9(17-11)7-15(3)4/h8H,5-7H2,1-4H3,(H,12,16)/p+1/t8-/m1/s1. The maximum Gasteiger partial charge on any atom is 0.277 e. The van der Waals surface area contributed by atoms with Crippen molar-refractivity contribution in [2.75, 3.05) is 20.6 Å². The molecule has 1 heterocycles. The first-order valence-corrected chi connectivity index (χ1v) is 6.96. The number of nitrogens with one attached hydrogen (secondary N) is 2. The highest BCUT2D eigenvalue weighted by Crippen LogP contribution is 2.21. The third-order valence-corrected chi connectivity index (χ3v) is 3.08. The van der Waals surface area contributed by atoms with Crippen molar-refractivity contribution in [2.24, 2.45) is 0 Å². The zero-order chi connectivity index (χ0) is 13.5. The van der Waals surface area contributed by atoms with Gasteiger partial charge >= 0.3 is 0 Å². The summed E-state index contributed by atoms with van der Waals surface area (Å²) in [5.74, 6) is 0.596. The van der Waals surface area contributed by atoms with Crippen LogP contribution in [0.5, 0.6) is 0 Å². The number of carbonyl (C=O) groups excluding carboxylic acids is 1. The van der Waals surface area contributed by atoms with E-state index in [0.29, 0.717) is 24.2 Å². The second-order valence-electron chi connectivity index (χ2n) is 4.40. The van der Waals surface area contributed by atoms with E-state index in [1.165, 1.54) is 16.7 Å². The number of hydrogen-bond donors (Lipinski definition) is 2. The smallest absolute Gasteiger partial charge is 0.277 e. The highest BCUT2D eigenvalue weighted by Gasteiger charge is 2.18. The number of aromatic nitrogens is 2. The fraction of sp³-hybridized carbons (Fsp3) is 0.727. The van der Waals surface area contributed by atoms with E-state index in [-0.39, 0.29) is 11.2 Å². The average molecular weight is 273 g/mol. The molecule has 6 nitrogen and oxygen atoms in total. The van der Waals surface area contributed by atoms with Crippen molar-refractivity contribution >= 4 is 17.7 Å². The zero-order valence-corrected chi connectivity index (χ0v) is 12.1. The van der Waals surface area contributed by atoms with Gasteiger partial charge in [0.1, 0.15) is 0 Å². The van der Waals surface area contributed by atoms with Gasteiger partial charge in [0.25, 0.3) is 11.1 Å². The molecular weight excluding hydrogens is 252 g/mol. The Balaban J connectivity index is 2.46. The predicted octanol–water partition coefficient (Wildman–Crippen LogP) is -0.279. The van der Waals surface area contributed by atoms with Crippen LogP contribution in [0.2, 0.25) is 0 Å². The minimum Gasteiger partial charge on any atom is -0.410 e. The number of quaternary nitrogens is 1. The van der Waals surface area contributed by atoms with Crippen molar-refractivity contribution in [2.45, 2.75) is 37.3 Å². The monoisotopic (exact) mass is 273 g/mol. The van der Waals surface area contributed by atoms with E-state index < -0.39 is 0 Å². The number of carbonyl (C=O) groups is 1. The van der Waals surface area contributed by atoms with Crippen LogP contribution in [0.1, 0.15) is 26.2 Å². The van der Waals surface area contributed by atoms with Gasteiger partial charge in [-0.25, -0.2) is 0 Å². The van der Waals surface area contributed by atoms with Gasteiger partial charge in [0.15, 0.2) is 6.54 Å². The summed E-state index contributed by atoms with van der Waals surface area (Å²) in [6, 6.07) is 0. The van der Waals surface area contributed by atoms with Crippen molar-refractivity contribution in [1.82, 2.24) is 15.5 Å². The number of amides is 1. The topological polar surface area (TPSA) is 72.5 Å². The van der Waals surface area contributed by atoms with E-state index >= 15 is 0 Å². The molecule has 0 fully saturated rings. The van der Waals surface area contributed by atoms with Crippen molar-refractivity contribution < 1.29 is 14.1 Å². The molecule has 1 aromatic rings. The third kappa shape index (κ3) is 5.05. The van der Waals surface area contributed by atoms with Crippen LogP contribution >= 0.6 is 11.8 Å². The van der Waals surface area contributed by atoms with E-state index in [0.717, 1.165) is 6.42 Å². The van der Waals surface area contributed by atoms with Crippen LogP contribution in [0.15, 0.2) is 9.64 Å². The van der Waals surface area contributed by atoms with Gasteiger partial charge in [-0.3, -0.25) is 4.79 Å². The Morgan fingerprint density at radius 2 is 2.22 bits per heavy atom. The van der Waals surface area contributed by atoms with Crippen molar-refractivity contribution in [3.05, 3.63) is 5.89 Å². The molecule has 0 spiro atoms. The Kier molecular flexibility index (Phi) is 6.14. The number of nitrogens with zero attached hydrogens (tertiary/aromatic N) is 2. The van der Waals surface area contributed by atoms with Gasteiger partial charge in [0.2, 0.25) is 5.91 Å². The quantitative estimate of drug-likeness (QED) is 0.669. The SMILES string of the molecule is CCCNC(=O)[C@@H](C)Sc1nnc(C[NH+](C)C)o1. The lowest BCUT2D eigenvalue weighted by Crippen LogP contribution is -3.04. The van der Waals surface area contributed by atoms with Gasteiger partial charge in [-0.2, -0.15) is 0 Å². The molecule has 2 N–H and O–H groups in total. The van der Waals surface area contributed by atoms with Gasteiger partial charge in [0, 0.05) is 6.54 Å². The molecule has 1 rings (SSSR count). The second kappa shape index (κ2) is 7.38. The summed E-state index contributed by atoms with van der Waals surface area (Å²) in [7, 11) is 4.02. The third-order valence-electron chi connectivity index (χ3n) is 2.15. The summed E-state index contributed by atoms with van der Waals surface area (Å²) in [6.45, 7) is 5.23. The number of thioether (sulfide) groups is 1. The van der Waals surface area contributed by atoms with Crippen LogP contribution in [-0.4, -0.2) is 42.0 Å².